The summed E-state index contributed by atoms with van der Waals surface area (Å²) in [6.07, 6.45) is 4.23. The molecule has 6 heteroatoms. The second-order valence-corrected chi connectivity index (χ2v) is 7.83. The number of carbonyl (C=O) groups is 1. The molecule has 1 amide bonds. The number of nitrogens with one attached hydrogen (secondary N) is 2. The van der Waals surface area contributed by atoms with Gasteiger partial charge in [-0.05, 0) is 68.0 Å². The number of benzene rings is 2. The standard InChI is InChI=1S/C23H23N5O/c1-14-10-18-19(11-15(14)2)28-20(27-23(29)17-6-4-3-5-7-17)13-25-22(28)21(26-18)24-12-16-8-9-16/h3-7,10-11,13,16H,8-9,12H2,1-2H3,(H,24,26)(H,27,29). The van der Waals surface area contributed by atoms with Crippen LogP contribution in [0.25, 0.3) is 16.7 Å². The number of nitrogens with zero attached hydrogens (tertiary/aromatic N) is 3. The van der Waals surface area contributed by atoms with Crippen LogP contribution in [0.4, 0.5) is 11.6 Å². The molecule has 0 unspecified atom stereocenters. The van der Waals surface area contributed by atoms with Crippen LogP contribution in [0.3, 0.4) is 0 Å². The van der Waals surface area contributed by atoms with Gasteiger partial charge in [0, 0.05) is 12.1 Å². The first-order chi connectivity index (χ1) is 14.1. The van der Waals surface area contributed by atoms with Gasteiger partial charge in [-0.25, -0.2) is 9.97 Å². The molecule has 29 heavy (non-hydrogen) atoms. The lowest BCUT2D eigenvalue weighted by Gasteiger charge is -2.13. The SMILES string of the molecule is Cc1cc2nc(NCC3CC3)c3ncc(NC(=O)c4ccccc4)n3c2cc1C. The fourth-order valence-electron chi connectivity index (χ4n) is 3.54. The lowest BCUT2D eigenvalue weighted by Crippen LogP contribution is -2.14. The fraction of sp³-hybridized carbons (Fsp3) is 0.261. The molecule has 4 aromatic rings. The predicted molar refractivity (Wildman–Crippen MR) is 116 cm³/mol. The van der Waals surface area contributed by atoms with Crippen LogP contribution < -0.4 is 10.6 Å². The lowest BCUT2D eigenvalue weighted by molar-refractivity contribution is 0.102. The van der Waals surface area contributed by atoms with Gasteiger partial charge in [0.2, 0.25) is 0 Å². The van der Waals surface area contributed by atoms with Crippen LogP contribution >= 0.6 is 0 Å². The lowest BCUT2D eigenvalue weighted by atomic mass is 10.1. The Hall–Kier alpha value is -3.41. The van der Waals surface area contributed by atoms with Gasteiger partial charge in [0.1, 0.15) is 5.82 Å². The second-order valence-electron chi connectivity index (χ2n) is 7.83. The summed E-state index contributed by atoms with van der Waals surface area (Å²) in [5.74, 6) is 1.96. The summed E-state index contributed by atoms with van der Waals surface area (Å²) in [5, 5.41) is 6.48. The first-order valence-electron chi connectivity index (χ1n) is 9.99. The Bertz CT molecular complexity index is 1220. The van der Waals surface area contributed by atoms with Crippen LogP contribution in [0.5, 0.6) is 0 Å². The number of imidazole rings is 1. The molecule has 5 rings (SSSR count). The smallest absolute Gasteiger partial charge is 0.256 e. The first kappa shape index (κ1) is 17.7. The maximum absolute atomic E-state index is 12.7. The number of aryl methyl sites for hydroxylation is 2. The van der Waals surface area contributed by atoms with Crippen LogP contribution in [0.1, 0.15) is 34.3 Å². The van der Waals surface area contributed by atoms with Crippen molar-refractivity contribution in [2.24, 2.45) is 5.92 Å². The molecular formula is C23H23N5O. The summed E-state index contributed by atoms with van der Waals surface area (Å²) in [7, 11) is 0. The number of amides is 1. The third-order valence-electron chi connectivity index (χ3n) is 5.57. The van der Waals surface area contributed by atoms with E-state index in [1.54, 1.807) is 18.3 Å². The normalized spacial score (nSPS) is 13.7. The van der Waals surface area contributed by atoms with Gasteiger partial charge in [-0.15, -0.1) is 0 Å². The van der Waals surface area contributed by atoms with E-state index in [0.717, 1.165) is 35.0 Å². The van der Waals surface area contributed by atoms with E-state index in [0.29, 0.717) is 11.4 Å². The number of aromatic nitrogens is 3. The monoisotopic (exact) mass is 385 g/mol. The molecule has 1 aliphatic rings. The maximum atomic E-state index is 12.7. The molecule has 0 bridgehead atoms. The van der Waals surface area contributed by atoms with Crippen molar-refractivity contribution in [3.05, 3.63) is 65.4 Å². The molecule has 2 heterocycles. The van der Waals surface area contributed by atoms with Crippen molar-refractivity contribution in [3.8, 4) is 0 Å². The topological polar surface area (TPSA) is 71.3 Å². The maximum Gasteiger partial charge on any atom is 0.256 e. The highest BCUT2D eigenvalue weighted by Gasteiger charge is 2.22. The number of carbonyl (C=O) groups excluding carboxylic acids is 1. The molecule has 6 nitrogen and oxygen atoms in total. The fourth-order valence-corrected chi connectivity index (χ4v) is 3.54. The number of hydrogen-bond donors (Lipinski definition) is 2. The Morgan fingerprint density at radius 1 is 1.14 bits per heavy atom. The molecule has 0 radical (unpaired) electrons. The van der Waals surface area contributed by atoms with Crippen molar-refractivity contribution in [3.63, 3.8) is 0 Å². The summed E-state index contributed by atoms with van der Waals surface area (Å²) in [4.78, 5) is 22.2. The van der Waals surface area contributed by atoms with Gasteiger partial charge in [-0.2, -0.15) is 0 Å². The Balaban J connectivity index is 1.64. The van der Waals surface area contributed by atoms with Gasteiger partial charge >= 0.3 is 0 Å². The molecule has 0 saturated heterocycles. The highest BCUT2D eigenvalue weighted by atomic mass is 16.1. The molecule has 146 valence electrons. The Morgan fingerprint density at radius 3 is 2.66 bits per heavy atom. The molecule has 2 aromatic heterocycles. The summed E-state index contributed by atoms with van der Waals surface area (Å²) >= 11 is 0. The van der Waals surface area contributed by atoms with Gasteiger partial charge in [-0.3, -0.25) is 9.20 Å². The first-order valence-corrected chi connectivity index (χ1v) is 9.99. The van der Waals surface area contributed by atoms with Crippen LogP contribution in [-0.4, -0.2) is 26.8 Å². The van der Waals surface area contributed by atoms with E-state index in [2.05, 4.69) is 41.6 Å². The highest BCUT2D eigenvalue weighted by Crippen LogP contribution is 2.31. The molecule has 0 aliphatic heterocycles. The van der Waals surface area contributed by atoms with Gasteiger partial charge in [0.15, 0.2) is 11.5 Å². The van der Waals surface area contributed by atoms with Gasteiger partial charge in [0.25, 0.3) is 5.91 Å². The van der Waals surface area contributed by atoms with Gasteiger partial charge < -0.3 is 10.6 Å². The van der Waals surface area contributed by atoms with E-state index in [9.17, 15) is 4.79 Å². The zero-order valence-corrected chi connectivity index (χ0v) is 16.6. The minimum atomic E-state index is -0.159. The Labute approximate surface area is 169 Å². The molecule has 2 N–H and O–H groups in total. The van der Waals surface area contributed by atoms with Crippen molar-refractivity contribution in [1.29, 1.82) is 0 Å². The number of anilines is 2. The largest absolute Gasteiger partial charge is 0.367 e. The Morgan fingerprint density at radius 2 is 1.90 bits per heavy atom. The summed E-state index contributed by atoms with van der Waals surface area (Å²) in [5.41, 5.74) is 5.51. The van der Waals surface area contributed by atoms with Crippen LogP contribution in [0, 0.1) is 19.8 Å². The quantitative estimate of drug-likeness (QED) is 0.528. The minimum Gasteiger partial charge on any atom is -0.367 e. The number of hydrogen-bond acceptors (Lipinski definition) is 4. The average molecular weight is 385 g/mol. The van der Waals surface area contributed by atoms with E-state index in [-0.39, 0.29) is 5.91 Å². The summed E-state index contributed by atoms with van der Waals surface area (Å²) < 4.78 is 1.99. The van der Waals surface area contributed by atoms with E-state index >= 15 is 0 Å². The molecule has 1 saturated carbocycles. The molecule has 0 atom stereocenters. The van der Waals surface area contributed by atoms with Crippen LogP contribution in [0.15, 0.2) is 48.7 Å². The highest BCUT2D eigenvalue weighted by molar-refractivity contribution is 6.04. The second kappa shape index (κ2) is 6.88. The van der Waals surface area contributed by atoms with Crippen molar-refractivity contribution in [2.45, 2.75) is 26.7 Å². The molecule has 0 spiro atoms. The summed E-state index contributed by atoms with van der Waals surface area (Å²) in [6, 6.07) is 13.4. The van der Waals surface area contributed by atoms with E-state index in [1.165, 1.54) is 24.0 Å². The van der Waals surface area contributed by atoms with Gasteiger partial charge in [-0.1, -0.05) is 18.2 Å². The van der Waals surface area contributed by atoms with Crippen molar-refractivity contribution >= 4 is 34.2 Å². The number of fused-ring (bicyclic) bond motifs is 3. The van der Waals surface area contributed by atoms with E-state index in [1.807, 2.05) is 22.6 Å². The predicted octanol–water partition coefficient (Wildman–Crippen LogP) is 4.57. The molecule has 1 fully saturated rings. The zero-order valence-electron chi connectivity index (χ0n) is 16.6. The zero-order chi connectivity index (χ0) is 20.0. The van der Waals surface area contributed by atoms with Crippen molar-refractivity contribution in [2.75, 3.05) is 17.2 Å². The van der Waals surface area contributed by atoms with Crippen LogP contribution in [-0.2, 0) is 0 Å². The minimum absolute atomic E-state index is 0.159. The van der Waals surface area contributed by atoms with Crippen molar-refractivity contribution in [1.82, 2.24) is 14.4 Å². The third-order valence-corrected chi connectivity index (χ3v) is 5.57. The Kier molecular flexibility index (Phi) is 4.19. The third kappa shape index (κ3) is 3.31. The van der Waals surface area contributed by atoms with E-state index < -0.39 is 0 Å². The van der Waals surface area contributed by atoms with E-state index in [4.69, 9.17) is 4.98 Å². The molecule has 1 aliphatic carbocycles. The summed E-state index contributed by atoms with van der Waals surface area (Å²) in [6.45, 7) is 5.07. The number of rotatable bonds is 5. The average Bonchev–Trinajstić information content (AvgIpc) is 3.47. The van der Waals surface area contributed by atoms with Crippen molar-refractivity contribution < 1.29 is 4.79 Å². The molecule has 2 aromatic carbocycles. The van der Waals surface area contributed by atoms with Gasteiger partial charge in [0.05, 0.1) is 17.2 Å². The van der Waals surface area contributed by atoms with Crippen LogP contribution in [0.2, 0.25) is 0 Å². The molecular weight excluding hydrogens is 362 g/mol.